The molecule has 2 fully saturated rings. The maximum Gasteiger partial charge on any atom is 0.227 e. The van der Waals surface area contributed by atoms with E-state index in [-0.39, 0.29) is 18.1 Å². The molecule has 44 heavy (non-hydrogen) atoms. The number of nitrogens with one attached hydrogen (secondary N) is 1. The first kappa shape index (κ1) is 38.7. The van der Waals surface area contributed by atoms with E-state index in [9.17, 15) is 9.59 Å². The van der Waals surface area contributed by atoms with Crippen molar-refractivity contribution in [2.45, 2.75) is 193 Å². The van der Waals surface area contributed by atoms with Crippen molar-refractivity contribution < 1.29 is 33.3 Å². The van der Waals surface area contributed by atoms with Gasteiger partial charge in [-0.2, -0.15) is 0 Å². The lowest BCUT2D eigenvalue weighted by atomic mass is 9.94. The van der Waals surface area contributed by atoms with E-state index in [4.69, 9.17) is 23.7 Å². The van der Waals surface area contributed by atoms with Crippen LogP contribution in [0.5, 0.6) is 0 Å². The Balaban J connectivity index is 1.92. The van der Waals surface area contributed by atoms with E-state index in [2.05, 4.69) is 19.2 Å². The molecule has 0 bridgehead atoms. The Bertz CT molecular complexity index is 801. The van der Waals surface area contributed by atoms with Crippen LogP contribution in [0.15, 0.2) is 12.3 Å². The Labute approximate surface area is 268 Å². The van der Waals surface area contributed by atoms with Crippen LogP contribution in [-0.2, 0) is 33.3 Å². The third-order valence-electron chi connectivity index (χ3n) is 8.56. The number of carbonyl (C=O) groups excluding carboxylic acids is 2. The Morgan fingerprint density at radius 2 is 1.41 bits per heavy atom. The summed E-state index contributed by atoms with van der Waals surface area (Å²) in [6.07, 6.45) is 21.8. The van der Waals surface area contributed by atoms with Crippen molar-refractivity contribution in [3.05, 3.63) is 12.3 Å². The third-order valence-corrected chi connectivity index (χ3v) is 8.56. The number of Topliss-reactive ketones (excluding diaryl/α,β-unsaturated/α-hetero) is 1. The van der Waals surface area contributed by atoms with Crippen LogP contribution >= 0.6 is 0 Å². The summed E-state index contributed by atoms with van der Waals surface area (Å²) in [5, 5.41) is 3.05. The number of hydrogen-bond acceptors (Lipinski definition) is 7. The zero-order valence-corrected chi connectivity index (χ0v) is 28.7. The smallest absolute Gasteiger partial charge is 0.227 e. The second-order valence-electron chi connectivity index (χ2n) is 13.1. The minimum atomic E-state index is -0.804. The molecule has 2 saturated heterocycles. The second-order valence-corrected chi connectivity index (χ2v) is 13.1. The van der Waals surface area contributed by atoms with E-state index in [0.29, 0.717) is 19.6 Å². The number of carbonyl (C=O) groups is 2. The van der Waals surface area contributed by atoms with Gasteiger partial charge in [0, 0.05) is 13.0 Å². The summed E-state index contributed by atoms with van der Waals surface area (Å²) in [6.45, 7) is 11.0. The fourth-order valence-corrected chi connectivity index (χ4v) is 6.04. The molecule has 2 rings (SSSR count). The van der Waals surface area contributed by atoms with E-state index in [1.165, 1.54) is 77.0 Å². The minimum Gasteiger partial charge on any atom is -0.471 e. The van der Waals surface area contributed by atoms with Crippen molar-refractivity contribution in [3.63, 3.8) is 0 Å². The molecule has 5 atom stereocenters. The zero-order chi connectivity index (χ0) is 32.0. The van der Waals surface area contributed by atoms with Crippen LogP contribution in [0.2, 0.25) is 0 Å². The first-order chi connectivity index (χ1) is 21.3. The lowest BCUT2D eigenvalue weighted by Gasteiger charge is -2.50. The van der Waals surface area contributed by atoms with E-state index in [1.54, 1.807) is 12.3 Å². The van der Waals surface area contributed by atoms with Gasteiger partial charge < -0.3 is 29.0 Å². The summed E-state index contributed by atoms with van der Waals surface area (Å²) in [4.78, 5) is 25.9. The Morgan fingerprint density at radius 3 is 2.00 bits per heavy atom. The van der Waals surface area contributed by atoms with Gasteiger partial charge in [0.2, 0.25) is 12.2 Å². The lowest BCUT2D eigenvalue weighted by Crippen LogP contribution is -2.69. The topological polar surface area (TPSA) is 92.3 Å². The van der Waals surface area contributed by atoms with E-state index < -0.39 is 36.4 Å². The molecule has 0 saturated carbocycles. The van der Waals surface area contributed by atoms with Crippen molar-refractivity contribution in [3.8, 4) is 0 Å². The van der Waals surface area contributed by atoms with Crippen LogP contribution in [0.3, 0.4) is 0 Å². The highest BCUT2D eigenvalue weighted by molar-refractivity contribution is 5.98. The molecule has 0 aromatic rings. The van der Waals surface area contributed by atoms with Gasteiger partial charge in [0.1, 0.15) is 30.1 Å². The molecule has 0 unspecified atom stereocenters. The predicted molar refractivity (Wildman–Crippen MR) is 175 cm³/mol. The predicted octanol–water partition coefficient (Wildman–Crippen LogP) is 8.30. The number of ether oxygens (including phenoxy) is 5. The number of rotatable bonds is 25. The molecule has 0 aromatic heterocycles. The number of amides is 1. The van der Waals surface area contributed by atoms with Crippen molar-refractivity contribution in [1.82, 2.24) is 5.32 Å². The first-order valence-electron chi connectivity index (χ1n) is 18.0. The average molecular weight is 624 g/mol. The maximum atomic E-state index is 13.2. The third kappa shape index (κ3) is 15.7. The molecule has 2 aliphatic rings. The minimum absolute atomic E-state index is 0.0363. The highest BCUT2D eigenvalue weighted by Crippen LogP contribution is 2.34. The van der Waals surface area contributed by atoms with Crippen molar-refractivity contribution in [1.29, 1.82) is 0 Å². The van der Waals surface area contributed by atoms with E-state index in [1.807, 2.05) is 20.8 Å². The molecule has 0 radical (unpaired) electrons. The van der Waals surface area contributed by atoms with Gasteiger partial charge in [-0.15, -0.1) is 0 Å². The van der Waals surface area contributed by atoms with Gasteiger partial charge in [0.05, 0.1) is 19.3 Å². The summed E-state index contributed by atoms with van der Waals surface area (Å²) in [7, 11) is 0. The molecule has 2 aliphatic heterocycles. The van der Waals surface area contributed by atoms with Gasteiger partial charge in [-0.1, -0.05) is 116 Å². The SMILES string of the molecule is C/C=C\O[C@H]1O[C@@H]2COC(C)(C)O[C@H]2[C@H](OCCCCCCCCCC)[C@H]1NC(=O)CC(=O)CCCCCCCCCCC. The summed E-state index contributed by atoms with van der Waals surface area (Å²) >= 11 is 0. The van der Waals surface area contributed by atoms with E-state index in [0.717, 1.165) is 32.1 Å². The average Bonchev–Trinajstić information content (AvgIpc) is 2.99. The normalized spacial score (nSPS) is 24.7. The van der Waals surface area contributed by atoms with Gasteiger partial charge in [-0.3, -0.25) is 9.59 Å². The molecule has 256 valence electrons. The van der Waals surface area contributed by atoms with Gasteiger partial charge in [0.25, 0.3) is 0 Å². The lowest BCUT2D eigenvalue weighted by molar-refractivity contribution is -0.368. The monoisotopic (exact) mass is 623 g/mol. The van der Waals surface area contributed by atoms with Gasteiger partial charge >= 0.3 is 0 Å². The van der Waals surface area contributed by atoms with Crippen molar-refractivity contribution in [2.75, 3.05) is 13.2 Å². The summed E-state index contributed by atoms with van der Waals surface area (Å²) in [5.74, 6) is -1.17. The quantitative estimate of drug-likeness (QED) is 0.0621. The van der Waals surface area contributed by atoms with Gasteiger partial charge in [-0.05, 0) is 33.6 Å². The van der Waals surface area contributed by atoms with Crippen LogP contribution in [0, 0.1) is 0 Å². The highest BCUT2D eigenvalue weighted by atomic mass is 16.8. The zero-order valence-electron chi connectivity index (χ0n) is 28.7. The molecule has 0 aliphatic carbocycles. The molecule has 0 spiro atoms. The Morgan fingerprint density at radius 1 is 0.841 bits per heavy atom. The second kappa shape index (κ2) is 22.9. The van der Waals surface area contributed by atoms with E-state index >= 15 is 0 Å². The van der Waals surface area contributed by atoms with Crippen LogP contribution in [-0.4, -0.2) is 61.3 Å². The van der Waals surface area contributed by atoms with Crippen molar-refractivity contribution in [2.24, 2.45) is 0 Å². The molecular weight excluding hydrogens is 558 g/mol. The fourth-order valence-electron chi connectivity index (χ4n) is 6.04. The highest BCUT2D eigenvalue weighted by Gasteiger charge is 2.53. The molecule has 1 N–H and O–H groups in total. The Kier molecular flexibility index (Phi) is 20.2. The molecule has 8 heteroatoms. The van der Waals surface area contributed by atoms with Gasteiger partial charge in [0.15, 0.2) is 5.79 Å². The molecular formula is C36H65NO7. The number of ketones is 1. The summed E-state index contributed by atoms with van der Waals surface area (Å²) in [6, 6.07) is -0.636. The van der Waals surface area contributed by atoms with Gasteiger partial charge in [-0.25, -0.2) is 0 Å². The largest absolute Gasteiger partial charge is 0.471 e. The van der Waals surface area contributed by atoms with Crippen molar-refractivity contribution >= 4 is 11.7 Å². The van der Waals surface area contributed by atoms with Crippen LogP contribution < -0.4 is 5.32 Å². The molecule has 0 aromatic carbocycles. The van der Waals surface area contributed by atoms with Crippen LogP contribution in [0.25, 0.3) is 0 Å². The fraction of sp³-hybridized carbons (Fsp3) is 0.889. The summed E-state index contributed by atoms with van der Waals surface area (Å²) in [5.41, 5.74) is 0. The number of fused-ring (bicyclic) bond motifs is 1. The molecule has 1 amide bonds. The summed E-state index contributed by atoms with van der Waals surface area (Å²) < 4.78 is 30.9. The maximum absolute atomic E-state index is 13.2. The van der Waals surface area contributed by atoms with Crippen LogP contribution in [0.1, 0.15) is 157 Å². The number of unbranched alkanes of at least 4 members (excludes halogenated alkanes) is 15. The van der Waals surface area contributed by atoms with Crippen LogP contribution in [0.4, 0.5) is 0 Å². The number of hydrogen-bond donors (Lipinski definition) is 1. The number of allylic oxidation sites excluding steroid dienone is 1. The molecule has 8 nitrogen and oxygen atoms in total. The first-order valence-corrected chi connectivity index (χ1v) is 18.0. The Hall–Kier alpha value is -1.48. The molecule has 2 heterocycles. The standard InChI is InChI=1S/C36H65NO7/c1-6-9-11-13-15-17-18-20-22-24-29(38)27-31(39)37-32-34(40-26-23-21-19-16-14-12-10-7-2)33-30(28-42-36(4,5)44-33)43-35(32)41-25-8-3/h8,25,30,32-35H,6-7,9-24,26-28H2,1-5H3,(H,37,39)/b25-8-/t30-,32-,33-,34-,35+/m1/s1.